The highest BCUT2D eigenvalue weighted by Crippen LogP contribution is 2.29. The fraction of sp³-hybridized carbons (Fsp3) is 0.600. The first-order valence-corrected chi connectivity index (χ1v) is 6.96. The summed E-state index contributed by atoms with van der Waals surface area (Å²) < 4.78 is 0. The lowest BCUT2D eigenvalue weighted by Crippen LogP contribution is -2.38. The van der Waals surface area contributed by atoms with Crippen molar-refractivity contribution in [3.05, 3.63) is 23.8 Å². The predicted molar refractivity (Wildman–Crippen MR) is 76.9 cm³/mol. The highest BCUT2D eigenvalue weighted by molar-refractivity contribution is 5.60. The van der Waals surface area contributed by atoms with Crippen molar-refractivity contribution in [2.24, 2.45) is 0 Å². The molecule has 1 saturated carbocycles. The molecule has 0 unspecified atom stereocenters. The number of nitrogen functional groups attached to an aromatic ring is 1. The Bertz CT molecular complexity index is 386. The van der Waals surface area contributed by atoms with Gasteiger partial charge in [0.2, 0.25) is 0 Å². The van der Waals surface area contributed by atoms with Crippen molar-refractivity contribution in [3.8, 4) is 0 Å². The summed E-state index contributed by atoms with van der Waals surface area (Å²) in [4.78, 5) is 2.33. The SMILES string of the molecule is Cc1ccc(N(CCO)C2CCCCC2)cc1N. The number of nitrogens with two attached hydrogens (primary N) is 1. The molecule has 1 aromatic rings. The molecule has 0 aromatic heterocycles. The minimum atomic E-state index is 0.199. The van der Waals surface area contributed by atoms with Crippen molar-refractivity contribution >= 4 is 11.4 Å². The van der Waals surface area contributed by atoms with Gasteiger partial charge in [-0.1, -0.05) is 25.3 Å². The van der Waals surface area contributed by atoms with Crippen LogP contribution in [0.5, 0.6) is 0 Å². The van der Waals surface area contributed by atoms with Crippen LogP contribution in [0.25, 0.3) is 0 Å². The Labute approximate surface area is 110 Å². The molecule has 1 aliphatic rings. The van der Waals surface area contributed by atoms with E-state index >= 15 is 0 Å². The van der Waals surface area contributed by atoms with Gasteiger partial charge in [0.15, 0.2) is 0 Å². The zero-order valence-electron chi connectivity index (χ0n) is 11.2. The van der Waals surface area contributed by atoms with Gasteiger partial charge >= 0.3 is 0 Å². The largest absolute Gasteiger partial charge is 0.398 e. The van der Waals surface area contributed by atoms with Gasteiger partial charge in [0.05, 0.1) is 6.61 Å². The molecule has 0 radical (unpaired) electrons. The quantitative estimate of drug-likeness (QED) is 0.805. The molecule has 0 heterocycles. The van der Waals surface area contributed by atoms with Gasteiger partial charge in [-0.2, -0.15) is 0 Å². The zero-order valence-corrected chi connectivity index (χ0v) is 11.2. The molecule has 100 valence electrons. The first kappa shape index (κ1) is 13.2. The summed E-state index contributed by atoms with van der Waals surface area (Å²) in [6.07, 6.45) is 6.41. The Kier molecular flexibility index (Phi) is 4.48. The third-order valence-electron chi connectivity index (χ3n) is 3.95. The number of aliphatic hydroxyl groups is 1. The van der Waals surface area contributed by atoms with Crippen LogP contribution in [0.3, 0.4) is 0 Å². The number of aliphatic hydroxyl groups excluding tert-OH is 1. The number of benzene rings is 1. The summed E-state index contributed by atoms with van der Waals surface area (Å²) in [5.41, 5.74) is 9.10. The van der Waals surface area contributed by atoms with E-state index in [9.17, 15) is 5.11 Å². The maximum Gasteiger partial charge on any atom is 0.0606 e. The van der Waals surface area contributed by atoms with Crippen LogP contribution in [-0.2, 0) is 0 Å². The van der Waals surface area contributed by atoms with E-state index in [1.165, 1.54) is 32.1 Å². The van der Waals surface area contributed by atoms with Crippen molar-refractivity contribution in [2.75, 3.05) is 23.8 Å². The van der Waals surface area contributed by atoms with Crippen molar-refractivity contribution in [1.82, 2.24) is 0 Å². The molecule has 0 saturated heterocycles. The minimum absolute atomic E-state index is 0.199. The molecule has 3 nitrogen and oxygen atoms in total. The normalized spacial score (nSPS) is 16.8. The van der Waals surface area contributed by atoms with Gasteiger partial charge in [-0.05, 0) is 37.5 Å². The topological polar surface area (TPSA) is 49.5 Å². The van der Waals surface area contributed by atoms with E-state index in [0.29, 0.717) is 12.6 Å². The molecule has 1 aliphatic carbocycles. The number of rotatable bonds is 4. The molecule has 1 aromatic carbocycles. The number of hydrogen-bond acceptors (Lipinski definition) is 3. The first-order valence-electron chi connectivity index (χ1n) is 6.96. The summed E-state index contributed by atoms with van der Waals surface area (Å²) in [6.45, 7) is 2.92. The van der Waals surface area contributed by atoms with Crippen LogP contribution >= 0.6 is 0 Å². The number of hydrogen-bond donors (Lipinski definition) is 2. The lowest BCUT2D eigenvalue weighted by molar-refractivity contribution is 0.290. The third kappa shape index (κ3) is 2.96. The lowest BCUT2D eigenvalue weighted by atomic mass is 9.93. The van der Waals surface area contributed by atoms with Crippen molar-refractivity contribution in [3.63, 3.8) is 0 Å². The van der Waals surface area contributed by atoms with Gasteiger partial charge in [-0.25, -0.2) is 0 Å². The molecule has 1 fully saturated rings. The second-order valence-corrected chi connectivity index (χ2v) is 5.25. The molecule has 18 heavy (non-hydrogen) atoms. The Morgan fingerprint density at radius 1 is 1.28 bits per heavy atom. The average Bonchev–Trinajstić information content (AvgIpc) is 2.40. The van der Waals surface area contributed by atoms with Gasteiger partial charge < -0.3 is 15.7 Å². The fourth-order valence-electron chi connectivity index (χ4n) is 2.83. The smallest absolute Gasteiger partial charge is 0.0606 e. The van der Waals surface area contributed by atoms with Crippen molar-refractivity contribution in [1.29, 1.82) is 0 Å². The highest BCUT2D eigenvalue weighted by atomic mass is 16.3. The van der Waals surface area contributed by atoms with Crippen LogP contribution in [0.4, 0.5) is 11.4 Å². The zero-order chi connectivity index (χ0) is 13.0. The van der Waals surface area contributed by atoms with Crippen LogP contribution < -0.4 is 10.6 Å². The molecular formula is C15H24N2O. The monoisotopic (exact) mass is 248 g/mol. The molecule has 0 atom stereocenters. The molecule has 3 N–H and O–H groups in total. The fourth-order valence-corrected chi connectivity index (χ4v) is 2.83. The van der Waals surface area contributed by atoms with Gasteiger partial charge in [0.1, 0.15) is 0 Å². The molecule has 3 heteroatoms. The van der Waals surface area contributed by atoms with E-state index < -0.39 is 0 Å². The predicted octanol–water partition coefficient (Wildman–Crippen LogP) is 2.71. The number of anilines is 2. The maximum atomic E-state index is 9.28. The van der Waals surface area contributed by atoms with Gasteiger partial charge in [-0.3, -0.25) is 0 Å². The second kappa shape index (κ2) is 6.10. The van der Waals surface area contributed by atoms with Crippen LogP contribution in [0, 0.1) is 6.92 Å². The molecule has 2 rings (SSSR count). The standard InChI is InChI=1S/C15H24N2O/c1-12-7-8-14(11-15(12)16)17(9-10-18)13-5-3-2-4-6-13/h7-8,11,13,18H,2-6,9-10,16H2,1H3. The van der Waals surface area contributed by atoms with Crippen LogP contribution in [0.1, 0.15) is 37.7 Å². The Balaban J connectivity index is 2.19. The highest BCUT2D eigenvalue weighted by Gasteiger charge is 2.21. The van der Waals surface area contributed by atoms with Crippen molar-refractivity contribution in [2.45, 2.75) is 45.1 Å². The van der Waals surface area contributed by atoms with Crippen molar-refractivity contribution < 1.29 is 5.11 Å². The molecule has 0 spiro atoms. The van der Waals surface area contributed by atoms with Crippen LogP contribution in [0.2, 0.25) is 0 Å². The van der Waals surface area contributed by atoms with E-state index in [4.69, 9.17) is 5.73 Å². The van der Waals surface area contributed by atoms with E-state index in [-0.39, 0.29) is 6.61 Å². The van der Waals surface area contributed by atoms with Gasteiger partial charge in [-0.15, -0.1) is 0 Å². The summed E-state index contributed by atoms with van der Waals surface area (Å²) in [5, 5.41) is 9.28. The Hall–Kier alpha value is -1.22. The van der Waals surface area contributed by atoms with Crippen LogP contribution in [-0.4, -0.2) is 24.3 Å². The van der Waals surface area contributed by atoms with Gasteiger partial charge in [0, 0.05) is 24.0 Å². The average molecular weight is 248 g/mol. The van der Waals surface area contributed by atoms with E-state index in [2.05, 4.69) is 17.0 Å². The third-order valence-corrected chi connectivity index (χ3v) is 3.95. The molecule has 0 amide bonds. The Morgan fingerprint density at radius 2 is 2.00 bits per heavy atom. The molecule has 0 bridgehead atoms. The van der Waals surface area contributed by atoms with E-state index in [1.807, 2.05) is 13.0 Å². The molecule has 0 aliphatic heterocycles. The first-order chi connectivity index (χ1) is 8.72. The summed E-state index contributed by atoms with van der Waals surface area (Å²) in [5.74, 6) is 0. The minimum Gasteiger partial charge on any atom is -0.398 e. The van der Waals surface area contributed by atoms with E-state index in [1.54, 1.807) is 0 Å². The Morgan fingerprint density at radius 3 is 2.61 bits per heavy atom. The summed E-state index contributed by atoms with van der Waals surface area (Å²) >= 11 is 0. The summed E-state index contributed by atoms with van der Waals surface area (Å²) in [6, 6.07) is 6.79. The second-order valence-electron chi connectivity index (χ2n) is 5.25. The van der Waals surface area contributed by atoms with E-state index in [0.717, 1.165) is 16.9 Å². The number of nitrogens with zero attached hydrogens (tertiary/aromatic N) is 1. The maximum absolute atomic E-state index is 9.28. The van der Waals surface area contributed by atoms with Gasteiger partial charge in [0.25, 0.3) is 0 Å². The van der Waals surface area contributed by atoms with Crippen LogP contribution in [0.15, 0.2) is 18.2 Å². The summed E-state index contributed by atoms with van der Waals surface area (Å²) in [7, 11) is 0. The molecular weight excluding hydrogens is 224 g/mol. The lowest BCUT2D eigenvalue weighted by Gasteiger charge is -2.36. The number of aryl methyl sites for hydroxylation is 1.